The molecule has 72 valence electrons. The van der Waals surface area contributed by atoms with E-state index < -0.39 is 10.9 Å². The molecular formula is C8H6FN3O2. The van der Waals surface area contributed by atoms with Gasteiger partial charge in [-0.15, -0.1) is 0 Å². The van der Waals surface area contributed by atoms with Crippen LogP contribution in [0.3, 0.4) is 0 Å². The van der Waals surface area contributed by atoms with E-state index >= 15 is 0 Å². The molecule has 0 amide bonds. The van der Waals surface area contributed by atoms with Crippen LogP contribution in [0.25, 0.3) is 10.9 Å². The van der Waals surface area contributed by atoms with E-state index in [1.165, 1.54) is 25.2 Å². The van der Waals surface area contributed by atoms with Crippen LogP contribution in [0, 0.1) is 16.1 Å². The monoisotopic (exact) mass is 195 g/mol. The summed E-state index contributed by atoms with van der Waals surface area (Å²) in [6, 6.07) is 3.91. The molecule has 0 saturated heterocycles. The van der Waals surface area contributed by atoms with Crippen LogP contribution in [0.2, 0.25) is 0 Å². The number of non-ortho nitro benzene ring substituents is 1. The third-order valence-electron chi connectivity index (χ3n) is 1.96. The Kier molecular flexibility index (Phi) is 1.70. The number of fused-ring (bicyclic) bond motifs is 1. The molecule has 0 aliphatic heterocycles. The standard InChI is InChI=1S/C8H6FN3O2/c1-11-8(9)6-4-5(12(13)14)2-3-7(6)10-11/h2-4H,1H3. The lowest BCUT2D eigenvalue weighted by Gasteiger charge is -1.90. The third kappa shape index (κ3) is 1.12. The smallest absolute Gasteiger partial charge is 0.258 e. The van der Waals surface area contributed by atoms with Gasteiger partial charge >= 0.3 is 0 Å². The van der Waals surface area contributed by atoms with Gasteiger partial charge in [-0.3, -0.25) is 10.1 Å². The second-order valence-corrected chi connectivity index (χ2v) is 2.87. The van der Waals surface area contributed by atoms with Crippen LogP contribution in [0.4, 0.5) is 10.1 Å². The Morgan fingerprint density at radius 1 is 1.57 bits per heavy atom. The van der Waals surface area contributed by atoms with Gasteiger partial charge in [0.1, 0.15) is 0 Å². The fraction of sp³-hybridized carbons (Fsp3) is 0.125. The van der Waals surface area contributed by atoms with E-state index in [0.29, 0.717) is 5.52 Å². The van der Waals surface area contributed by atoms with Crippen LogP contribution in [0.5, 0.6) is 0 Å². The second-order valence-electron chi connectivity index (χ2n) is 2.87. The van der Waals surface area contributed by atoms with E-state index in [1.54, 1.807) is 0 Å². The van der Waals surface area contributed by atoms with Gasteiger partial charge in [-0.05, 0) is 6.07 Å². The molecule has 1 aromatic heterocycles. The third-order valence-corrected chi connectivity index (χ3v) is 1.96. The number of rotatable bonds is 1. The molecule has 0 aliphatic carbocycles. The number of benzene rings is 1. The zero-order valence-corrected chi connectivity index (χ0v) is 7.27. The summed E-state index contributed by atoms with van der Waals surface area (Å²) >= 11 is 0. The molecular weight excluding hydrogens is 189 g/mol. The molecule has 0 aliphatic rings. The summed E-state index contributed by atoms with van der Waals surface area (Å²) in [5, 5.41) is 14.4. The number of hydrogen-bond donors (Lipinski definition) is 0. The second kappa shape index (κ2) is 2.76. The maximum absolute atomic E-state index is 13.3. The molecule has 0 atom stereocenters. The van der Waals surface area contributed by atoms with Gasteiger partial charge in [0.05, 0.1) is 15.8 Å². The Balaban J connectivity index is 2.76. The van der Waals surface area contributed by atoms with Crippen LogP contribution in [-0.4, -0.2) is 14.7 Å². The number of aromatic nitrogens is 2. The van der Waals surface area contributed by atoms with E-state index in [1.807, 2.05) is 0 Å². The fourth-order valence-electron chi connectivity index (χ4n) is 1.27. The fourth-order valence-corrected chi connectivity index (χ4v) is 1.27. The van der Waals surface area contributed by atoms with Crippen molar-refractivity contribution in [2.24, 2.45) is 7.05 Å². The molecule has 0 bridgehead atoms. The first-order valence-electron chi connectivity index (χ1n) is 3.86. The highest BCUT2D eigenvalue weighted by molar-refractivity contribution is 5.81. The van der Waals surface area contributed by atoms with Crippen LogP contribution >= 0.6 is 0 Å². The number of nitrogens with zero attached hydrogens (tertiary/aromatic N) is 3. The van der Waals surface area contributed by atoms with Gasteiger partial charge in [0.25, 0.3) is 5.69 Å². The van der Waals surface area contributed by atoms with E-state index in [-0.39, 0.29) is 11.1 Å². The molecule has 0 unspecified atom stereocenters. The Morgan fingerprint density at radius 3 is 2.93 bits per heavy atom. The number of nitro groups is 1. The average molecular weight is 195 g/mol. The molecule has 0 saturated carbocycles. The Morgan fingerprint density at radius 2 is 2.29 bits per heavy atom. The SMILES string of the molecule is Cn1nc2ccc([N+](=O)[O-])cc2c1F. The number of hydrogen-bond acceptors (Lipinski definition) is 3. The Bertz CT molecular complexity index is 521. The molecule has 0 N–H and O–H groups in total. The molecule has 0 spiro atoms. The van der Waals surface area contributed by atoms with E-state index in [2.05, 4.69) is 5.10 Å². The zero-order chi connectivity index (χ0) is 10.3. The van der Waals surface area contributed by atoms with E-state index in [0.717, 1.165) is 4.68 Å². The van der Waals surface area contributed by atoms with Crippen molar-refractivity contribution in [3.63, 3.8) is 0 Å². The van der Waals surface area contributed by atoms with Crippen molar-refractivity contribution in [1.82, 2.24) is 9.78 Å². The van der Waals surface area contributed by atoms with Crippen LogP contribution < -0.4 is 0 Å². The van der Waals surface area contributed by atoms with Crippen LogP contribution in [0.15, 0.2) is 18.2 Å². The minimum atomic E-state index is -0.566. The quantitative estimate of drug-likeness (QED) is 0.513. The average Bonchev–Trinajstić information content (AvgIpc) is 2.43. The summed E-state index contributed by atoms with van der Waals surface area (Å²) in [6.45, 7) is 0. The van der Waals surface area contributed by atoms with E-state index in [4.69, 9.17) is 0 Å². The highest BCUT2D eigenvalue weighted by Gasteiger charge is 2.12. The first-order chi connectivity index (χ1) is 6.59. The maximum Gasteiger partial charge on any atom is 0.270 e. The highest BCUT2D eigenvalue weighted by Crippen LogP contribution is 2.21. The van der Waals surface area contributed by atoms with Crippen molar-refractivity contribution >= 4 is 16.6 Å². The van der Waals surface area contributed by atoms with Crippen molar-refractivity contribution in [3.05, 3.63) is 34.3 Å². The summed E-state index contributed by atoms with van der Waals surface area (Å²) in [7, 11) is 1.45. The molecule has 0 radical (unpaired) electrons. The van der Waals surface area contributed by atoms with Gasteiger partial charge in [0.15, 0.2) is 0 Å². The lowest BCUT2D eigenvalue weighted by atomic mass is 10.2. The number of nitro benzene ring substituents is 1. The summed E-state index contributed by atoms with van der Waals surface area (Å²) in [6.07, 6.45) is 0. The van der Waals surface area contributed by atoms with Gasteiger partial charge < -0.3 is 0 Å². The highest BCUT2D eigenvalue weighted by atomic mass is 19.1. The molecule has 0 fully saturated rings. The van der Waals surface area contributed by atoms with Crippen LogP contribution in [-0.2, 0) is 7.05 Å². The van der Waals surface area contributed by atoms with Crippen molar-refractivity contribution in [2.75, 3.05) is 0 Å². The predicted molar refractivity (Wildman–Crippen MR) is 47.3 cm³/mol. The summed E-state index contributed by atoms with van der Waals surface area (Å²) in [4.78, 5) is 9.86. The zero-order valence-electron chi connectivity index (χ0n) is 7.27. The Labute approximate surface area is 77.9 Å². The number of aryl methyl sites for hydroxylation is 1. The molecule has 2 aromatic rings. The lowest BCUT2D eigenvalue weighted by molar-refractivity contribution is -0.384. The van der Waals surface area contributed by atoms with Gasteiger partial charge in [0, 0.05) is 19.2 Å². The molecule has 1 aromatic carbocycles. The van der Waals surface area contributed by atoms with Gasteiger partial charge in [0.2, 0.25) is 5.95 Å². The first kappa shape index (κ1) is 8.61. The maximum atomic E-state index is 13.3. The molecule has 14 heavy (non-hydrogen) atoms. The van der Waals surface area contributed by atoms with Crippen molar-refractivity contribution in [3.8, 4) is 0 Å². The molecule has 2 rings (SSSR count). The van der Waals surface area contributed by atoms with Crippen molar-refractivity contribution in [1.29, 1.82) is 0 Å². The predicted octanol–water partition coefficient (Wildman–Crippen LogP) is 1.62. The minimum absolute atomic E-state index is 0.135. The molecule has 5 nitrogen and oxygen atoms in total. The van der Waals surface area contributed by atoms with Crippen LogP contribution in [0.1, 0.15) is 0 Å². The first-order valence-corrected chi connectivity index (χ1v) is 3.86. The van der Waals surface area contributed by atoms with Crippen molar-refractivity contribution < 1.29 is 9.31 Å². The van der Waals surface area contributed by atoms with Gasteiger partial charge in [-0.2, -0.15) is 9.49 Å². The molecule has 1 heterocycles. The normalized spacial score (nSPS) is 10.7. The summed E-state index contributed by atoms with van der Waals surface area (Å²) in [5.41, 5.74) is 0.278. The Hall–Kier alpha value is -1.98. The minimum Gasteiger partial charge on any atom is -0.258 e. The largest absolute Gasteiger partial charge is 0.270 e. The topological polar surface area (TPSA) is 61.0 Å². The van der Waals surface area contributed by atoms with E-state index in [9.17, 15) is 14.5 Å². The summed E-state index contributed by atoms with van der Waals surface area (Å²) < 4.78 is 14.3. The van der Waals surface area contributed by atoms with Gasteiger partial charge in [-0.1, -0.05) is 0 Å². The van der Waals surface area contributed by atoms with Crippen molar-refractivity contribution in [2.45, 2.75) is 0 Å². The summed E-state index contributed by atoms with van der Waals surface area (Å²) in [5.74, 6) is -0.566. The molecule has 6 heteroatoms. The lowest BCUT2D eigenvalue weighted by Crippen LogP contribution is -1.92. The number of halogens is 1. The van der Waals surface area contributed by atoms with Gasteiger partial charge in [-0.25, -0.2) is 4.68 Å².